The van der Waals surface area contributed by atoms with E-state index in [1.807, 2.05) is 18.2 Å². The Labute approximate surface area is 166 Å². The highest BCUT2D eigenvalue weighted by molar-refractivity contribution is 9.10. The number of carbonyl (C=O) groups excluding carboxylic acids is 1. The normalized spacial score (nSPS) is 10.9. The number of rotatable bonds is 7. The highest BCUT2D eigenvalue weighted by atomic mass is 79.9. The van der Waals surface area contributed by atoms with Gasteiger partial charge in [-0.3, -0.25) is 4.79 Å². The summed E-state index contributed by atoms with van der Waals surface area (Å²) >= 11 is 9.45. The standard InChI is InChI=1S/C20H18BrClN2O2/c1-2-3-10-26-19-9-8-16(21)12-14(19)11-15(13-23)20(25)24-18-7-5-4-6-17(18)22/h4-9,11-12H,2-3,10H2,1H3,(H,24,25). The molecule has 0 radical (unpaired) electrons. The molecule has 0 aliphatic heterocycles. The fourth-order valence-corrected chi connectivity index (χ4v) is 2.71. The zero-order valence-electron chi connectivity index (χ0n) is 14.3. The molecule has 6 heteroatoms. The van der Waals surface area contributed by atoms with Crippen molar-refractivity contribution in [1.29, 1.82) is 5.26 Å². The predicted molar refractivity (Wildman–Crippen MR) is 108 cm³/mol. The molecule has 1 amide bonds. The SMILES string of the molecule is CCCCOc1ccc(Br)cc1C=C(C#N)C(=O)Nc1ccccc1Cl. The van der Waals surface area contributed by atoms with Crippen LogP contribution < -0.4 is 10.1 Å². The van der Waals surface area contributed by atoms with Crippen LogP contribution >= 0.6 is 27.5 Å². The Morgan fingerprint density at radius 2 is 2.12 bits per heavy atom. The van der Waals surface area contributed by atoms with E-state index in [1.165, 1.54) is 6.08 Å². The third kappa shape index (κ3) is 5.62. The van der Waals surface area contributed by atoms with Crippen LogP contribution in [-0.2, 0) is 4.79 Å². The molecule has 0 saturated carbocycles. The van der Waals surface area contributed by atoms with Gasteiger partial charge in [-0.25, -0.2) is 0 Å². The molecule has 4 nitrogen and oxygen atoms in total. The van der Waals surface area contributed by atoms with Crippen LogP contribution in [0.1, 0.15) is 25.3 Å². The second-order valence-electron chi connectivity index (χ2n) is 5.49. The average molecular weight is 434 g/mol. The lowest BCUT2D eigenvalue weighted by Gasteiger charge is -2.10. The van der Waals surface area contributed by atoms with E-state index in [9.17, 15) is 10.1 Å². The molecule has 0 aliphatic rings. The van der Waals surface area contributed by atoms with Crippen LogP contribution in [0.2, 0.25) is 5.02 Å². The molecule has 0 heterocycles. The molecule has 0 spiro atoms. The van der Waals surface area contributed by atoms with Gasteiger partial charge in [0.05, 0.1) is 17.3 Å². The summed E-state index contributed by atoms with van der Waals surface area (Å²) in [6.45, 7) is 2.66. The van der Waals surface area contributed by atoms with Gasteiger partial charge in [0.1, 0.15) is 17.4 Å². The van der Waals surface area contributed by atoms with E-state index in [4.69, 9.17) is 16.3 Å². The van der Waals surface area contributed by atoms with Crippen molar-refractivity contribution in [3.8, 4) is 11.8 Å². The highest BCUT2D eigenvalue weighted by Crippen LogP contribution is 2.27. The molecular weight excluding hydrogens is 416 g/mol. The summed E-state index contributed by atoms with van der Waals surface area (Å²) in [5, 5.41) is 12.5. The number of ether oxygens (including phenoxy) is 1. The van der Waals surface area contributed by atoms with Crippen molar-refractivity contribution in [3.05, 3.63) is 63.1 Å². The number of hydrogen-bond acceptors (Lipinski definition) is 3. The average Bonchev–Trinajstić information content (AvgIpc) is 2.63. The van der Waals surface area contributed by atoms with Crippen molar-refractivity contribution >= 4 is 45.2 Å². The monoisotopic (exact) mass is 432 g/mol. The van der Waals surface area contributed by atoms with Crippen LogP contribution in [-0.4, -0.2) is 12.5 Å². The molecule has 0 bridgehead atoms. The molecule has 0 aliphatic carbocycles. The van der Waals surface area contributed by atoms with Gasteiger partial charge in [-0.15, -0.1) is 0 Å². The first-order chi connectivity index (χ1) is 12.5. The summed E-state index contributed by atoms with van der Waals surface area (Å²) in [5.74, 6) is 0.0972. The maximum absolute atomic E-state index is 12.4. The molecule has 0 aromatic heterocycles. The fourth-order valence-electron chi connectivity index (χ4n) is 2.15. The van der Waals surface area contributed by atoms with E-state index in [1.54, 1.807) is 30.3 Å². The number of halogens is 2. The molecule has 0 unspecified atom stereocenters. The van der Waals surface area contributed by atoms with Crippen molar-refractivity contribution in [2.45, 2.75) is 19.8 Å². The molecule has 0 fully saturated rings. The number of anilines is 1. The van der Waals surface area contributed by atoms with E-state index < -0.39 is 5.91 Å². The largest absolute Gasteiger partial charge is 0.493 e. The Balaban J connectivity index is 2.27. The first-order valence-electron chi connectivity index (χ1n) is 8.15. The van der Waals surface area contributed by atoms with Crippen molar-refractivity contribution in [1.82, 2.24) is 0 Å². The predicted octanol–water partition coefficient (Wildman–Crippen LogP) is 5.83. The van der Waals surface area contributed by atoms with Crippen LogP contribution in [0.15, 0.2) is 52.5 Å². The minimum Gasteiger partial charge on any atom is -0.493 e. The van der Waals surface area contributed by atoms with Crippen LogP contribution in [0.5, 0.6) is 5.75 Å². The van der Waals surface area contributed by atoms with Gasteiger partial charge < -0.3 is 10.1 Å². The quantitative estimate of drug-likeness (QED) is 0.339. The minimum atomic E-state index is -0.528. The van der Waals surface area contributed by atoms with Crippen molar-refractivity contribution < 1.29 is 9.53 Å². The highest BCUT2D eigenvalue weighted by Gasteiger charge is 2.13. The second kappa shape index (κ2) is 10.0. The maximum Gasteiger partial charge on any atom is 0.266 e. The van der Waals surface area contributed by atoms with Crippen molar-refractivity contribution in [2.24, 2.45) is 0 Å². The van der Waals surface area contributed by atoms with E-state index in [0.29, 0.717) is 28.6 Å². The second-order valence-corrected chi connectivity index (χ2v) is 6.81. The molecule has 2 aromatic carbocycles. The summed E-state index contributed by atoms with van der Waals surface area (Å²) in [6, 6.07) is 14.3. The number of carbonyl (C=O) groups is 1. The number of para-hydroxylation sites is 1. The summed E-state index contributed by atoms with van der Waals surface area (Å²) in [4.78, 5) is 12.4. The van der Waals surface area contributed by atoms with Crippen LogP contribution in [0.4, 0.5) is 5.69 Å². The van der Waals surface area contributed by atoms with Gasteiger partial charge in [-0.1, -0.05) is 53.0 Å². The Morgan fingerprint density at radius 1 is 1.35 bits per heavy atom. The van der Waals surface area contributed by atoms with Gasteiger partial charge in [0, 0.05) is 10.0 Å². The number of amides is 1. The van der Waals surface area contributed by atoms with Gasteiger partial charge in [0.2, 0.25) is 0 Å². The molecule has 134 valence electrons. The third-order valence-electron chi connectivity index (χ3n) is 3.51. The number of nitrogens with one attached hydrogen (secondary N) is 1. The van der Waals surface area contributed by atoms with Gasteiger partial charge in [-0.05, 0) is 42.8 Å². The van der Waals surface area contributed by atoms with Crippen molar-refractivity contribution in [3.63, 3.8) is 0 Å². The Hall–Kier alpha value is -2.29. The summed E-state index contributed by atoms with van der Waals surface area (Å²) in [6.07, 6.45) is 3.46. The molecule has 26 heavy (non-hydrogen) atoms. The molecule has 1 N–H and O–H groups in total. The summed E-state index contributed by atoms with van der Waals surface area (Å²) in [5.41, 5.74) is 1.07. The number of benzene rings is 2. The van der Waals surface area contributed by atoms with Gasteiger partial charge >= 0.3 is 0 Å². The van der Waals surface area contributed by atoms with Gasteiger partial charge in [0.25, 0.3) is 5.91 Å². The van der Waals surface area contributed by atoms with E-state index >= 15 is 0 Å². The molecule has 0 saturated heterocycles. The van der Waals surface area contributed by atoms with E-state index in [0.717, 1.165) is 17.3 Å². The first kappa shape index (κ1) is 20.0. The van der Waals surface area contributed by atoms with E-state index in [-0.39, 0.29) is 5.57 Å². The Morgan fingerprint density at radius 3 is 2.81 bits per heavy atom. The number of hydrogen-bond donors (Lipinski definition) is 1. The van der Waals surface area contributed by atoms with Gasteiger partial charge in [0.15, 0.2) is 0 Å². The lowest BCUT2D eigenvalue weighted by atomic mass is 10.1. The molecule has 0 atom stereocenters. The number of nitrogens with zero attached hydrogens (tertiary/aromatic N) is 1. The fraction of sp³-hybridized carbons (Fsp3) is 0.200. The zero-order valence-corrected chi connectivity index (χ0v) is 16.6. The van der Waals surface area contributed by atoms with Gasteiger partial charge in [-0.2, -0.15) is 5.26 Å². The zero-order chi connectivity index (χ0) is 18.9. The summed E-state index contributed by atoms with van der Waals surface area (Å²) in [7, 11) is 0. The number of unbranched alkanes of at least 4 members (excludes halogenated alkanes) is 1. The lowest BCUT2D eigenvalue weighted by molar-refractivity contribution is -0.112. The Bertz CT molecular complexity index is 859. The smallest absolute Gasteiger partial charge is 0.266 e. The first-order valence-corrected chi connectivity index (χ1v) is 9.32. The summed E-state index contributed by atoms with van der Waals surface area (Å²) < 4.78 is 6.60. The van der Waals surface area contributed by atoms with Crippen LogP contribution in [0.25, 0.3) is 6.08 Å². The number of nitriles is 1. The molecule has 2 rings (SSSR count). The Kier molecular flexibility index (Phi) is 7.71. The van der Waals surface area contributed by atoms with Crippen LogP contribution in [0.3, 0.4) is 0 Å². The van der Waals surface area contributed by atoms with Crippen LogP contribution in [0, 0.1) is 11.3 Å². The maximum atomic E-state index is 12.4. The molecular formula is C20H18BrClN2O2. The minimum absolute atomic E-state index is 0.0386. The molecule has 2 aromatic rings. The topological polar surface area (TPSA) is 62.1 Å². The lowest BCUT2D eigenvalue weighted by Crippen LogP contribution is -2.13. The van der Waals surface area contributed by atoms with E-state index in [2.05, 4.69) is 28.2 Å². The third-order valence-corrected chi connectivity index (χ3v) is 4.34. The van der Waals surface area contributed by atoms with Crippen molar-refractivity contribution in [2.75, 3.05) is 11.9 Å².